The predicted molar refractivity (Wildman–Crippen MR) is 151 cm³/mol. The van der Waals surface area contributed by atoms with Crippen LogP contribution in [-0.4, -0.2) is 66.9 Å². The summed E-state index contributed by atoms with van der Waals surface area (Å²) in [6.45, 7) is 7.02. The average Bonchev–Trinajstić information content (AvgIpc) is 3.26. The highest BCUT2D eigenvalue weighted by atomic mass is 32.1. The molecule has 2 bridgehead atoms. The summed E-state index contributed by atoms with van der Waals surface area (Å²) in [4.78, 5) is 43.8. The highest BCUT2D eigenvalue weighted by molar-refractivity contribution is 7.12. The van der Waals surface area contributed by atoms with Gasteiger partial charge in [0.1, 0.15) is 11.5 Å². The molecule has 0 radical (unpaired) electrons. The summed E-state index contributed by atoms with van der Waals surface area (Å²) < 4.78 is 2.88. The van der Waals surface area contributed by atoms with E-state index in [4.69, 9.17) is 0 Å². The molecule has 1 saturated carbocycles. The fourth-order valence-electron chi connectivity index (χ4n) is 5.01. The Balaban J connectivity index is 1.41. The third-order valence-electron chi connectivity index (χ3n) is 7.48. The summed E-state index contributed by atoms with van der Waals surface area (Å²) in [5.74, 6) is 0.594. The van der Waals surface area contributed by atoms with Gasteiger partial charge in [0.05, 0.1) is 22.5 Å². The van der Waals surface area contributed by atoms with Gasteiger partial charge in [-0.15, -0.1) is 11.3 Å². The normalized spacial score (nSPS) is 16.6. The van der Waals surface area contributed by atoms with Gasteiger partial charge in [-0.1, -0.05) is 6.92 Å². The minimum absolute atomic E-state index is 0.0744. The van der Waals surface area contributed by atoms with Crippen molar-refractivity contribution in [3.8, 4) is 16.9 Å². The van der Waals surface area contributed by atoms with Crippen LogP contribution in [0, 0.1) is 6.92 Å². The maximum absolute atomic E-state index is 13.2. The number of carbonyl (C=O) groups is 1. The lowest BCUT2D eigenvalue weighted by atomic mass is 10.2. The van der Waals surface area contributed by atoms with E-state index in [1.165, 1.54) is 24.2 Å². The molecule has 6 rings (SSSR count). The molecule has 2 aromatic heterocycles. The fraction of sp³-hybridized carbons (Fsp3) is 0.444. The van der Waals surface area contributed by atoms with E-state index in [1.54, 1.807) is 22.8 Å². The van der Waals surface area contributed by atoms with Gasteiger partial charge in [0.2, 0.25) is 0 Å². The molecular formula is C27H32N8O3S. The first-order valence-electron chi connectivity index (χ1n) is 13.5. The van der Waals surface area contributed by atoms with E-state index in [1.807, 2.05) is 18.4 Å². The summed E-state index contributed by atoms with van der Waals surface area (Å²) in [6.07, 6.45) is 7.06. The molecule has 204 valence electrons. The Morgan fingerprint density at radius 3 is 2.74 bits per heavy atom. The number of aryl methyl sites for hydroxylation is 1. The first-order valence-corrected chi connectivity index (χ1v) is 14.4. The van der Waals surface area contributed by atoms with Gasteiger partial charge in [-0.2, -0.15) is 14.9 Å². The van der Waals surface area contributed by atoms with E-state index in [0.29, 0.717) is 22.2 Å². The number of amides is 1. The Morgan fingerprint density at radius 1 is 1.21 bits per heavy atom. The number of nitrogens with zero attached hydrogens (tertiary/aromatic N) is 5. The summed E-state index contributed by atoms with van der Waals surface area (Å²) in [5.41, 5.74) is 0.902. The monoisotopic (exact) mass is 548 g/mol. The minimum Gasteiger partial charge on any atom is -0.367 e. The molecule has 3 N–H and O–H groups in total. The number of carbonyl (C=O) groups excluding carboxylic acids is 1. The number of aromatic amines is 1. The largest absolute Gasteiger partial charge is 0.367 e. The van der Waals surface area contributed by atoms with Gasteiger partial charge < -0.3 is 15.5 Å². The van der Waals surface area contributed by atoms with Gasteiger partial charge in [-0.3, -0.25) is 14.6 Å². The zero-order valence-corrected chi connectivity index (χ0v) is 22.9. The molecule has 2 aromatic rings. The van der Waals surface area contributed by atoms with E-state index in [0.717, 1.165) is 60.5 Å². The lowest BCUT2D eigenvalue weighted by Crippen LogP contribution is -2.42. The highest BCUT2D eigenvalue weighted by Crippen LogP contribution is 2.29. The van der Waals surface area contributed by atoms with E-state index in [9.17, 15) is 14.4 Å². The molecule has 12 heteroatoms. The SMILES string of the molecule is CCC(CN1CCCC1)NC(=O)c1cc(-c2cc(NC3CC3)n3ncc(cc4c(=O)[nH]c(=O)n-4n2)c3C)cs1. The van der Waals surface area contributed by atoms with Crippen LogP contribution < -0.4 is 21.9 Å². The van der Waals surface area contributed by atoms with Gasteiger partial charge in [-0.25, -0.2) is 9.31 Å². The Morgan fingerprint density at radius 2 is 2.00 bits per heavy atom. The minimum atomic E-state index is -0.625. The van der Waals surface area contributed by atoms with E-state index >= 15 is 0 Å². The van der Waals surface area contributed by atoms with Crippen LogP contribution in [0.2, 0.25) is 0 Å². The number of aromatic nitrogens is 5. The fourth-order valence-corrected chi connectivity index (χ4v) is 5.81. The van der Waals surface area contributed by atoms with Gasteiger partial charge in [0.25, 0.3) is 11.5 Å². The average molecular weight is 549 g/mol. The molecule has 5 heterocycles. The van der Waals surface area contributed by atoms with Crippen LogP contribution >= 0.6 is 11.3 Å². The molecule has 2 fully saturated rings. The smallest absolute Gasteiger partial charge is 0.349 e. The van der Waals surface area contributed by atoms with Crippen LogP contribution in [0.3, 0.4) is 0 Å². The van der Waals surface area contributed by atoms with Crippen molar-refractivity contribution in [2.45, 2.75) is 58.0 Å². The van der Waals surface area contributed by atoms with E-state index in [-0.39, 0.29) is 17.6 Å². The molecule has 0 spiro atoms. The topological polar surface area (TPSA) is 129 Å². The molecule has 1 unspecified atom stereocenters. The van der Waals surface area contributed by atoms with Gasteiger partial charge >= 0.3 is 5.69 Å². The van der Waals surface area contributed by atoms with Crippen molar-refractivity contribution >= 4 is 28.4 Å². The maximum Gasteiger partial charge on any atom is 0.349 e. The van der Waals surface area contributed by atoms with Crippen LogP contribution in [-0.2, 0) is 0 Å². The summed E-state index contributed by atoms with van der Waals surface area (Å²) in [7, 11) is 0. The van der Waals surface area contributed by atoms with Crippen LogP contribution in [0.25, 0.3) is 22.3 Å². The zero-order chi connectivity index (χ0) is 27.1. The van der Waals surface area contributed by atoms with Gasteiger partial charge in [0, 0.05) is 41.0 Å². The summed E-state index contributed by atoms with van der Waals surface area (Å²) in [5, 5.41) is 18.4. The van der Waals surface area contributed by atoms with Crippen LogP contribution in [0.5, 0.6) is 0 Å². The molecule has 3 aliphatic heterocycles. The van der Waals surface area contributed by atoms with Crippen molar-refractivity contribution in [3.63, 3.8) is 0 Å². The lowest BCUT2D eigenvalue weighted by molar-refractivity contribution is 0.0930. The lowest BCUT2D eigenvalue weighted by Gasteiger charge is -2.23. The van der Waals surface area contributed by atoms with Gasteiger partial charge in [0.15, 0.2) is 0 Å². The van der Waals surface area contributed by atoms with Crippen molar-refractivity contribution in [2.24, 2.45) is 0 Å². The molecule has 11 nitrogen and oxygen atoms in total. The van der Waals surface area contributed by atoms with Crippen molar-refractivity contribution < 1.29 is 4.79 Å². The van der Waals surface area contributed by atoms with Crippen molar-refractivity contribution in [1.29, 1.82) is 0 Å². The second-order valence-electron chi connectivity index (χ2n) is 10.4. The number of fused-ring (bicyclic) bond motifs is 3. The zero-order valence-electron chi connectivity index (χ0n) is 22.1. The standard InChI is InChI=1S/C27H32N8O3S/c1-3-19(14-33-8-4-5-9-33)30-26(37)23-11-18(15-39-23)21-12-24(29-20-6-7-20)34-16(2)17(13-28-34)10-22-25(36)31-27(38)35(22)32-21/h10-13,15,19-20,29H,3-9,14H2,1-2H3,(H,30,37)(H,31,36,38). The second kappa shape index (κ2) is 10.4. The third-order valence-corrected chi connectivity index (χ3v) is 8.41. The Kier molecular flexibility index (Phi) is 6.81. The van der Waals surface area contributed by atoms with Gasteiger partial charge in [-0.05, 0) is 64.3 Å². The van der Waals surface area contributed by atoms with Crippen molar-refractivity contribution in [2.75, 3.05) is 25.0 Å². The van der Waals surface area contributed by atoms with E-state index in [2.05, 4.69) is 37.6 Å². The first kappa shape index (κ1) is 25.5. The number of nitrogens with one attached hydrogen (secondary N) is 3. The highest BCUT2D eigenvalue weighted by Gasteiger charge is 2.24. The number of H-pyrrole nitrogens is 1. The van der Waals surface area contributed by atoms with Crippen LogP contribution in [0.1, 0.15) is 54.4 Å². The second-order valence-corrected chi connectivity index (χ2v) is 11.3. The molecule has 39 heavy (non-hydrogen) atoms. The number of thiophene rings is 1. The summed E-state index contributed by atoms with van der Waals surface area (Å²) >= 11 is 1.33. The van der Waals surface area contributed by atoms with E-state index < -0.39 is 11.2 Å². The molecule has 1 amide bonds. The molecular weight excluding hydrogens is 516 g/mol. The van der Waals surface area contributed by atoms with Crippen LogP contribution in [0.15, 0.2) is 39.4 Å². The number of hydrogen-bond donors (Lipinski definition) is 3. The number of imidazole rings is 1. The number of likely N-dealkylation sites (tertiary alicyclic amines) is 1. The third kappa shape index (κ3) is 5.26. The predicted octanol–water partition coefficient (Wildman–Crippen LogP) is 2.78. The molecule has 1 atom stereocenters. The Bertz CT molecular complexity index is 1640. The first-order chi connectivity index (χ1) is 18.9. The number of hydrogen-bond acceptors (Lipinski definition) is 8. The molecule has 0 aromatic carbocycles. The molecule has 4 aliphatic rings. The summed E-state index contributed by atoms with van der Waals surface area (Å²) in [6, 6.07) is 5.65. The Hall–Kier alpha value is -3.77. The quantitative estimate of drug-likeness (QED) is 0.309. The van der Waals surface area contributed by atoms with Crippen LogP contribution in [0.4, 0.5) is 5.82 Å². The maximum atomic E-state index is 13.2. The molecule has 1 saturated heterocycles. The molecule has 1 aliphatic carbocycles. The Labute approximate surface area is 228 Å². The number of anilines is 1. The van der Waals surface area contributed by atoms with Crippen molar-refractivity contribution in [1.82, 2.24) is 34.6 Å². The number of rotatable bonds is 8. The van der Waals surface area contributed by atoms with Crippen molar-refractivity contribution in [3.05, 3.63) is 61.2 Å².